The first-order chi connectivity index (χ1) is 6.36. The molecule has 0 bridgehead atoms. The summed E-state index contributed by atoms with van der Waals surface area (Å²) in [5.74, 6) is -4.75. The van der Waals surface area contributed by atoms with Gasteiger partial charge in [-0.25, -0.2) is 0 Å². The van der Waals surface area contributed by atoms with Gasteiger partial charge in [-0.15, -0.1) is 0 Å². The Hall–Kier alpha value is -0.770. The van der Waals surface area contributed by atoms with Crippen molar-refractivity contribution < 1.29 is 39.7 Å². The second-order valence-electron chi connectivity index (χ2n) is 2.58. The van der Waals surface area contributed by atoms with Gasteiger partial charge in [0.2, 0.25) is 0 Å². The van der Waals surface area contributed by atoms with Gasteiger partial charge in [0.25, 0.3) is 0 Å². The van der Waals surface area contributed by atoms with E-state index in [1.807, 2.05) is 0 Å². The molecule has 0 aliphatic rings. The first kappa shape index (κ1) is 14.2. The maximum atomic E-state index is 12.5. The third-order valence-corrected chi connectivity index (χ3v) is 2.02. The topological polar surface area (TPSA) is 71.4 Å². The van der Waals surface area contributed by atoms with Crippen molar-refractivity contribution in [3.05, 3.63) is 0 Å². The van der Waals surface area contributed by atoms with Gasteiger partial charge in [-0.1, -0.05) is 0 Å². The molecule has 0 rings (SSSR count). The molecule has 0 amide bonds. The molecule has 15 heavy (non-hydrogen) atoms. The van der Waals surface area contributed by atoms with Crippen LogP contribution in [0.1, 0.15) is 12.8 Å². The summed E-state index contributed by atoms with van der Waals surface area (Å²) in [4.78, 5) is 10.2. The molecule has 90 valence electrons. The molecule has 0 aromatic heterocycles. The van der Waals surface area contributed by atoms with E-state index >= 15 is 0 Å². The molecule has 4 nitrogen and oxygen atoms in total. The number of alkyl halides is 5. The summed E-state index contributed by atoms with van der Waals surface area (Å²) < 4.78 is 87.2. The molecule has 0 aromatic rings. The third kappa shape index (κ3) is 5.02. The molecule has 0 aliphatic carbocycles. The van der Waals surface area contributed by atoms with Crippen LogP contribution < -0.4 is 0 Å². The van der Waals surface area contributed by atoms with E-state index in [-0.39, 0.29) is 0 Å². The summed E-state index contributed by atoms with van der Waals surface area (Å²) in [6.07, 6.45) is -8.99. The van der Waals surface area contributed by atoms with Gasteiger partial charge >= 0.3 is 27.3 Å². The van der Waals surface area contributed by atoms with Crippen molar-refractivity contribution in [2.24, 2.45) is 0 Å². The van der Waals surface area contributed by atoms with Gasteiger partial charge < -0.3 is 0 Å². The number of hydrogen-bond donors (Lipinski definition) is 1. The van der Waals surface area contributed by atoms with Gasteiger partial charge in [0.05, 0.1) is 0 Å². The lowest BCUT2D eigenvalue weighted by atomic mass is 10.2. The molecule has 0 radical (unpaired) electrons. The molecule has 0 heterocycles. The fraction of sp³-hybridized carbons (Fsp3) is 0.800. The maximum Gasteiger partial charge on any atom is 0.389 e. The third-order valence-electron chi connectivity index (χ3n) is 1.26. The van der Waals surface area contributed by atoms with E-state index in [0.29, 0.717) is 0 Å². The molecule has 0 saturated carbocycles. The Morgan fingerprint density at radius 3 is 1.73 bits per heavy atom. The Balaban J connectivity index is 4.65. The number of carbonyl (C=O) groups excluding carboxylic acids is 1. The average Bonchev–Trinajstić information content (AvgIpc) is 1.97. The lowest BCUT2D eigenvalue weighted by Crippen LogP contribution is -2.35. The zero-order valence-electron chi connectivity index (χ0n) is 6.88. The Labute approximate surface area is 80.8 Å². The fourth-order valence-electron chi connectivity index (χ4n) is 0.589. The summed E-state index contributed by atoms with van der Waals surface area (Å²) in [7, 11) is -5.68. The van der Waals surface area contributed by atoms with Gasteiger partial charge in [-0.2, -0.15) is 30.4 Å². The Morgan fingerprint density at radius 2 is 1.47 bits per heavy atom. The molecule has 0 aromatic carbocycles. The monoisotopic (exact) mass is 256 g/mol. The summed E-state index contributed by atoms with van der Waals surface area (Å²) in [6.45, 7) is 0. The van der Waals surface area contributed by atoms with Gasteiger partial charge in [0.15, 0.2) is 0 Å². The smallest absolute Gasteiger partial charge is 0.279 e. The maximum absolute atomic E-state index is 12.5. The predicted octanol–water partition coefficient (Wildman–Crippen LogP) is 1.38. The van der Waals surface area contributed by atoms with Gasteiger partial charge in [0, 0.05) is 12.8 Å². The Morgan fingerprint density at radius 1 is 1.07 bits per heavy atom. The zero-order chi connectivity index (χ0) is 12.5. The van der Waals surface area contributed by atoms with Crippen LogP contribution in [-0.2, 0) is 14.9 Å². The number of halogens is 5. The summed E-state index contributed by atoms with van der Waals surface area (Å²) >= 11 is 0. The number of hydrogen-bond acceptors (Lipinski definition) is 3. The van der Waals surface area contributed by atoms with Crippen molar-refractivity contribution in [1.82, 2.24) is 0 Å². The van der Waals surface area contributed by atoms with Crippen molar-refractivity contribution in [2.75, 3.05) is 0 Å². The molecule has 0 fully saturated rings. The van der Waals surface area contributed by atoms with E-state index in [2.05, 4.69) is 0 Å². The minimum absolute atomic E-state index is 2.02. The van der Waals surface area contributed by atoms with Crippen LogP contribution in [-0.4, -0.2) is 30.2 Å². The van der Waals surface area contributed by atoms with Gasteiger partial charge in [-0.3, -0.25) is 9.35 Å². The molecule has 0 atom stereocenters. The standard InChI is InChI=1S/C5H5F5O4S/c6-4(7,1-2-5(8,9)10)3(11)15(12,13)14/h1-2H2,(H,12,13,14). The first-order valence-corrected chi connectivity index (χ1v) is 4.77. The summed E-state index contributed by atoms with van der Waals surface area (Å²) in [6, 6.07) is 0. The largest absolute Gasteiger partial charge is 0.389 e. The van der Waals surface area contributed by atoms with Crippen molar-refractivity contribution in [2.45, 2.75) is 24.9 Å². The van der Waals surface area contributed by atoms with Crippen molar-refractivity contribution >= 4 is 15.2 Å². The highest BCUT2D eigenvalue weighted by molar-refractivity contribution is 8.01. The SMILES string of the molecule is O=C(C(F)(F)CCC(F)(F)F)S(=O)(=O)O. The van der Waals surface area contributed by atoms with Crippen molar-refractivity contribution in [3.63, 3.8) is 0 Å². The molecular weight excluding hydrogens is 251 g/mol. The lowest BCUT2D eigenvalue weighted by molar-refractivity contribution is -0.157. The molecule has 0 aliphatic heterocycles. The number of carbonyl (C=O) groups is 1. The van der Waals surface area contributed by atoms with Crippen LogP contribution >= 0.6 is 0 Å². The van der Waals surface area contributed by atoms with Crippen LogP contribution in [0.4, 0.5) is 22.0 Å². The molecule has 0 spiro atoms. The lowest BCUT2D eigenvalue weighted by Gasteiger charge is -2.13. The van der Waals surface area contributed by atoms with E-state index in [1.165, 1.54) is 0 Å². The fourth-order valence-corrected chi connectivity index (χ4v) is 1.07. The molecular formula is C5H5F5O4S. The van der Waals surface area contributed by atoms with Crippen LogP contribution in [0.15, 0.2) is 0 Å². The Bertz CT molecular complexity index is 343. The first-order valence-electron chi connectivity index (χ1n) is 3.33. The highest BCUT2D eigenvalue weighted by Crippen LogP contribution is 2.30. The van der Waals surface area contributed by atoms with E-state index in [4.69, 9.17) is 4.55 Å². The summed E-state index contributed by atoms with van der Waals surface area (Å²) in [5, 5.41) is -2.93. The average molecular weight is 256 g/mol. The molecule has 0 unspecified atom stereocenters. The predicted molar refractivity (Wildman–Crippen MR) is 36.8 cm³/mol. The quantitative estimate of drug-likeness (QED) is 0.611. The van der Waals surface area contributed by atoms with Crippen LogP contribution in [0.3, 0.4) is 0 Å². The normalized spacial score (nSPS) is 14.0. The van der Waals surface area contributed by atoms with Crippen LogP contribution in [0.5, 0.6) is 0 Å². The highest BCUT2D eigenvalue weighted by atomic mass is 32.2. The molecule has 10 heteroatoms. The van der Waals surface area contributed by atoms with E-state index in [0.717, 1.165) is 0 Å². The van der Waals surface area contributed by atoms with E-state index in [9.17, 15) is 35.2 Å². The minimum Gasteiger partial charge on any atom is -0.279 e. The van der Waals surface area contributed by atoms with E-state index < -0.39 is 40.2 Å². The van der Waals surface area contributed by atoms with Crippen molar-refractivity contribution in [1.29, 1.82) is 0 Å². The Kier molecular flexibility index (Phi) is 3.80. The van der Waals surface area contributed by atoms with E-state index in [1.54, 1.807) is 0 Å². The second-order valence-corrected chi connectivity index (χ2v) is 3.90. The molecule has 1 N–H and O–H groups in total. The van der Waals surface area contributed by atoms with Crippen LogP contribution in [0.2, 0.25) is 0 Å². The van der Waals surface area contributed by atoms with Crippen LogP contribution in [0, 0.1) is 0 Å². The molecule has 0 saturated heterocycles. The van der Waals surface area contributed by atoms with Gasteiger partial charge in [0.1, 0.15) is 0 Å². The minimum atomic E-state index is -5.68. The number of rotatable bonds is 3. The highest BCUT2D eigenvalue weighted by Gasteiger charge is 2.48. The zero-order valence-corrected chi connectivity index (χ0v) is 7.70. The van der Waals surface area contributed by atoms with Crippen LogP contribution in [0.25, 0.3) is 0 Å². The van der Waals surface area contributed by atoms with Gasteiger partial charge in [-0.05, 0) is 0 Å². The van der Waals surface area contributed by atoms with Crippen molar-refractivity contribution in [3.8, 4) is 0 Å². The summed E-state index contributed by atoms with van der Waals surface area (Å²) in [5.41, 5.74) is 0. The second kappa shape index (κ2) is 4.00.